The molecule has 1 saturated heterocycles. The topological polar surface area (TPSA) is 87.5 Å². The predicted molar refractivity (Wildman–Crippen MR) is 105 cm³/mol. The van der Waals surface area contributed by atoms with Gasteiger partial charge in [-0.05, 0) is 42.9 Å². The van der Waals surface area contributed by atoms with Gasteiger partial charge in [0.1, 0.15) is 0 Å². The van der Waals surface area contributed by atoms with Crippen molar-refractivity contribution in [3.8, 4) is 0 Å². The molecule has 1 saturated carbocycles. The van der Waals surface area contributed by atoms with Gasteiger partial charge in [0.2, 0.25) is 11.8 Å². The molecule has 2 N–H and O–H groups in total. The number of nitrogens with one attached hydrogen (secondary N) is 1. The standard InChI is InChI=1S/C21H26N4O3/c26-19-11-16(13-24-8-6-22-14-24)10-18(19)23-20(27)12-15-3-1-4-17(9-15)25-7-2-5-21(25)28/h1,3-4,6,8-9,14,16,18-19,26H,2,5,7,10-13H2,(H,23,27)/t16?,18-,19-/m1/s1. The minimum atomic E-state index is -0.522. The summed E-state index contributed by atoms with van der Waals surface area (Å²) in [6.07, 6.45) is 8.05. The summed E-state index contributed by atoms with van der Waals surface area (Å²) in [6, 6.07) is 7.39. The number of anilines is 1. The first-order valence-corrected chi connectivity index (χ1v) is 9.91. The number of aliphatic hydroxyl groups is 1. The molecule has 2 aliphatic rings. The number of carbonyl (C=O) groups is 2. The van der Waals surface area contributed by atoms with Gasteiger partial charge < -0.3 is 19.9 Å². The lowest BCUT2D eigenvalue weighted by Gasteiger charge is -2.18. The Hall–Kier alpha value is -2.67. The van der Waals surface area contributed by atoms with Gasteiger partial charge in [0.15, 0.2) is 0 Å². The second kappa shape index (κ2) is 8.14. The summed E-state index contributed by atoms with van der Waals surface area (Å²) < 4.78 is 2.01. The summed E-state index contributed by atoms with van der Waals surface area (Å²) in [5, 5.41) is 13.3. The Bertz CT molecular complexity index is 836. The van der Waals surface area contributed by atoms with Crippen LogP contribution < -0.4 is 10.2 Å². The zero-order chi connectivity index (χ0) is 19.5. The summed E-state index contributed by atoms with van der Waals surface area (Å²) in [5.74, 6) is 0.357. The number of carbonyl (C=O) groups excluding carboxylic acids is 2. The molecule has 4 rings (SSSR count). The molecule has 0 spiro atoms. The van der Waals surface area contributed by atoms with Crippen LogP contribution in [-0.2, 0) is 22.6 Å². The summed E-state index contributed by atoms with van der Waals surface area (Å²) in [5.41, 5.74) is 1.73. The lowest BCUT2D eigenvalue weighted by Crippen LogP contribution is -2.40. The molecule has 0 bridgehead atoms. The van der Waals surface area contributed by atoms with Crippen LogP contribution in [-0.4, -0.2) is 45.2 Å². The summed E-state index contributed by atoms with van der Waals surface area (Å²) in [7, 11) is 0. The Morgan fingerprint density at radius 3 is 2.96 bits per heavy atom. The summed E-state index contributed by atoms with van der Waals surface area (Å²) >= 11 is 0. The molecule has 0 radical (unpaired) electrons. The molecule has 2 fully saturated rings. The summed E-state index contributed by atoms with van der Waals surface area (Å²) in [4.78, 5) is 30.3. The van der Waals surface area contributed by atoms with Gasteiger partial charge in [-0.25, -0.2) is 4.98 Å². The van der Waals surface area contributed by atoms with Crippen molar-refractivity contribution < 1.29 is 14.7 Å². The minimum Gasteiger partial charge on any atom is -0.391 e. The van der Waals surface area contributed by atoms with E-state index in [2.05, 4.69) is 10.3 Å². The van der Waals surface area contributed by atoms with Gasteiger partial charge >= 0.3 is 0 Å². The fourth-order valence-electron chi connectivity index (χ4n) is 4.31. The third-order valence-corrected chi connectivity index (χ3v) is 5.66. The van der Waals surface area contributed by atoms with E-state index in [9.17, 15) is 14.7 Å². The normalized spacial score (nSPS) is 24.7. The number of benzene rings is 1. The quantitative estimate of drug-likeness (QED) is 0.793. The van der Waals surface area contributed by atoms with Gasteiger partial charge in [-0.2, -0.15) is 0 Å². The third-order valence-electron chi connectivity index (χ3n) is 5.66. The van der Waals surface area contributed by atoms with E-state index in [-0.39, 0.29) is 24.3 Å². The van der Waals surface area contributed by atoms with Crippen molar-refractivity contribution in [1.82, 2.24) is 14.9 Å². The van der Waals surface area contributed by atoms with Gasteiger partial charge in [0, 0.05) is 37.6 Å². The Morgan fingerprint density at radius 2 is 2.21 bits per heavy atom. The number of hydrogen-bond acceptors (Lipinski definition) is 4. The lowest BCUT2D eigenvalue weighted by atomic mass is 10.1. The second-order valence-corrected chi connectivity index (χ2v) is 7.83. The van der Waals surface area contributed by atoms with Crippen molar-refractivity contribution in [2.45, 2.75) is 50.8 Å². The Labute approximate surface area is 164 Å². The fraction of sp³-hybridized carbons (Fsp3) is 0.476. The number of rotatable bonds is 6. The average Bonchev–Trinajstić information content (AvgIpc) is 3.39. The molecule has 3 atom stereocenters. The zero-order valence-corrected chi connectivity index (χ0v) is 15.8. The molecule has 148 valence electrons. The maximum atomic E-state index is 12.5. The average molecular weight is 382 g/mol. The fourth-order valence-corrected chi connectivity index (χ4v) is 4.31. The lowest BCUT2D eigenvalue weighted by molar-refractivity contribution is -0.121. The smallest absolute Gasteiger partial charge is 0.227 e. The zero-order valence-electron chi connectivity index (χ0n) is 15.8. The third kappa shape index (κ3) is 4.25. The molecule has 2 heterocycles. The molecule has 1 aromatic heterocycles. The van der Waals surface area contributed by atoms with Crippen LogP contribution in [0, 0.1) is 5.92 Å². The molecule has 1 aliphatic carbocycles. The number of hydrogen-bond donors (Lipinski definition) is 2. The predicted octanol–water partition coefficient (Wildman–Crippen LogP) is 1.51. The van der Waals surface area contributed by atoms with Crippen LogP contribution in [0.25, 0.3) is 0 Å². The minimum absolute atomic E-state index is 0.0998. The van der Waals surface area contributed by atoms with E-state index in [1.165, 1.54) is 0 Å². The van der Waals surface area contributed by atoms with Crippen LogP contribution in [0.3, 0.4) is 0 Å². The Balaban J connectivity index is 1.32. The number of amides is 2. The van der Waals surface area contributed by atoms with Gasteiger partial charge in [-0.15, -0.1) is 0 Å². The number of imidazole rings is 1. The highest BCUT2D eigenvalue weighted by Crippen LogP contribution is 2.28. The van der Waals surface area contributed by atoms with E-state index in [0.29, 0.717) is 18.8 Å². The van der Waals surface area contributed by atoms with E-state index in [4.69, 9.17) is 0 Å². The number of aliphatic hydroxyl groups excluding tert-OH is 1. The van der Waals surface area contributed by atoms with Crippen molar-refractivity contribution in [1.29, 1.82) is 0 Å². The van der Waals surface area contributed by atoms with Crippen LogP contribution in [0.4, 0.5) is 5.69 Å². The van der Waals surface area contributed by atoms with Crippen LogP contribution in [0.5, 0.6) is 0 Å². The molecule has 1 aliphatic heterocycles. The molecular weight excluding hydrogens is 356 g/mol. The van der Waals surface area contributed by atoms with Crippen LogP contribution in [0.2, 0.25) is 0 Å². The van der Waals surface area contributed by atoms with E-state index >= 15 is 0 Å². The molecule has 1 unspecified atom stereocenters. The van der Waals surface area contributed by atoms with Crippen molar-refractivity contribution in [3.05, 3.63) is 48.5 Å². The first-order chi connectivity index (χ1) is 13.6. The maximum absolute atomic E-state index is 12.5. The van der Waals surface area contributed by atoms with Gasteiger partial charge in [-0.1, -0.05) is 12.1 Å². The van der Waals surface area contributed by atoms with Gasteiger partial charge in [0.25, 0.3) is 0 Å². The molecule has 28 heavy (non-hydrogen) atoms. The highest BCUT2D eigenvalue weighted by atomic mass is 16.3. The largest absolute Gasteiger partial charge is 0.391 e. The highest BCUT2D eigenvalue weighted by molar-refractivity contribution is 5.95. The molecular formula is C21H26N4O3. The van der Waals surface area contributed by atoms with Crippen molar-refractivity contribution in [2.75, 3.05) is 11.4 Å². The molecule has 7 nitrogen and oxygen atoms in total. The van der Waals surface area contributed by atoms with Gasteiger partial charge in [0.05, 0.1) is 24.9 Å². The van der Waals surface area contributed by atoms with E-state index in [1.54, 1.807) is 17.4 Å². The van der Waals surface area contributed by atoms with Crippen LogP contribution in [0.15, 0.2) is 43.0 Å². The SMILES string of the molecule is O=C(Cc1cccc(N2CCCC2=O)c1)N[C@@H]1CC(Cn2ccnc2)C[C@H]1O. The maximum Gasteiger partial charge on any atom is 0.227 e. The first kappa shape index (κ1) is 18.7. The monoisotopic (exact) mass is 382 g/mol. The second-order valence-electron chi connectivity index (χ2n) is 7.83. The summed E-state index contributed by atoms with van der Waals surface area (Å²) in [6.45, 7) is 1.54. The Kier molecular flexibility index (Phi) is 5.43. The number of nitrogens with zero attached hydrogens (tertiary/aromatic N) is 3. The molecule has 2 amide bonds. The van der Waals surface area contributed by atoms with Crippen molar-refractivity contribution >= 4 is 17.5 Å². The van der Waals surface area contributed by atoms with Gasteiger partial charge in [-0.3, -0.25) is 9.59 Å². The number of aromatic nitrogens is 2. The van der Waals surface area contributed by atoms with E-state index in [1.807, 2.05) is 35.0 Å². The van der Waals surface area contributed by atoms with Crippen molar-refractivity contribution in [3.63, 3.8) is 0 Å². The van der Waals surface area contributed by atoms with E-state index < -0.39 is 6.10 Å². The molecule has 1 aromatic carbocycles. The molecule has 7 heteroatoms. The Morgan fingerprint density at radius 1 is 1.32 bits per heavy atom. The molecule has 2 aromatic rings. The first-order valence-electron chi connectivity index (χ1n) is 9.91. The van der Waals surface area contributed by atoms with Crippen LogP contribution in [0.1, 0.15) is 31.2 Å². The highest BCUT2D eigenvalue weighted by Gasteiger charge is 2.34. The van der Waals surface area contributed by atoms with Crippen molar-refractivity contribution in [2.24, 2.45) is 5.92 Å². The van der Waals surface area contributed by atoms with Crippen LogP contribution >= 0.6 is 0 Å². The van der Waals surface area contributed by atoms with E-state index in [0.717, 1.165) is 37.2 Å².